The normalized spacial score (nSPS) is 9.77. The van der Waals surface area contributed by atoms with Crippen LogP contribution in [0.25, 0.3) is 11.1 Å². The van der Waals surface area contributed by atoms with E-state index in [4.69, 9.17) is 5.11 Å². The van der Waals surface area contributed by atoms with E-state index in [0.29, 0.717) is 0 Å². The number of fused-ring (bicyclic) bond motifs is 1. The Morgan fingerprint density at radius 3 is 1.62 bits per heavy atom. The third kappa shape index (κ3) is 1.64. The van der Waals surface area contributed by atoms with Gasteiger partial charge in [-0.1, -0.05) is 12.1 Å². The second-order valence-corrected chi connectivity index (χ2v) is 2.97. The van der Waals surface area contributed by atoms with Gasteiger partial charge in [0.2, 0.25) is 0 Å². The van der Waals surface area contributed by atoms with Gasteiger partial charge in [-0.05, 0) is 36.1 Å². The highest BCUT2D eigenvalue weighted by atomic mass is 16.4. The smallest absolute Gasteiger partial charge is 0.404 e. The molecule has 2 rings (SSSR count). The third-order valence-corrected chi connectivity index (χ3v) is 2.29. The van der Waals surface area contributed by atoms with Gasteiger partial charge in [0, 0.05) is 7.05 Å². The molecule has 0 spiro atoms. The minimum Gasteiger partial charge on any atom is -0.465 e. The topological polar surface area (TPSA) is 49.3 Å². The van der Waals surface area contributed by atoms with E-state index in [1.807, 2.05) is 5.32 Å². The first-order chi connectivity index (χ1) is 6.07. The molecule has 2 N–H and O–H groups in total. The van der Waals surface area contributed by atoms with Crippen molar-refractivity contribution in [3.63, 3.8) is 0 Å². The van der Waals surface area contributed by atoms with Crippen LogP contribution in [0.1, 0.15) is 11.1 Å². The maximum absolute atomic E-state index is 9.26. The van der Waals surface area contributed by atoms with Gasteiger partial charge in [-0.2, -0.15) is 0 Å². The van der Waals surface area contributed by atoms with E-state index < -0.39 is 6.09 Å². The van der Waals surface area contributed by atoms with Gasteiger partial charge in [0.1, 0.15) is 0 Å². The molecule has 70 valence electrons. The summed E-state index contributed by atoms with van der Waals surface area (Å²) in [7, 11) is 1.35. The summed E-state index contributed by atoms with van der Waals surface area (Å²) in [5.74, 6) is 0. The van der Waals surface area contributed by atoms with Crippen LogP contribution in [0.3, 0.4) is 0 Å². The van der Waals surface area contributed by atoms with Crippen LogP contribution in [-0.2, 0) is 0 Å². The van der Waals surface area contributed by atoms with Crippen LogP contribution in [0.2, 0.25) is 0 Å². The van der Waals surface area contributed by atoms with E-state index in [-0.39, 0.29) is 0 Å². The molecule has 0 atom stereocenters. The highest BCUT2D eigenvalue weighted by Gasteiger charge is 2.17. The summed E-state index contributed by atoms with van der Waals surface area (Å²) in [6, 6.07) is 4.36. The number of hydrogen-bond acceptors (Lipinski definition) is 1. The van der Waals surface area contributed by atoms with Crippen molar-refractivity contribution in [2.24, 2.45) is 0 Å². The standard InChI is InChI=1S/C8H8.C2H5NO2/c1-5-6(2)8-4-3-7(5)8;1-3-2(4)5/h3-4H,1-2H3;3H,1H3,(H,4,5). The van der Waals surface area contributed by atoms with Gasteiger partial charge in [-0.15, -0.1) is 0 Å². The minimum absolute atomic E-state index is 0.995. The Bertz CT molecular complexity index is 318. The van der Waals surface area contributed by atoms with Gasteiger partial charge in [0.15, 0.2) is 0 Å². The van der Waals surface area contributed by atoms with E-state index in [2.05, 4.69) is 26.0 Å². The van der Waals surface area contributed by atoms with Crippen LogP contribution in [0.4, 0.5) is 4.79 Å². The van der Waals surface area contributed by atoms with Crippen molar-refractivity contribution in [2.45, 2.75) is 13.8 Å². The highest BCUT2D eigenvalue weighted by molar-refractivity contribution is 5.85. The summed E-state index contributed by atoms with van der Waals surface area (Å²) in [6.07, 6.45) is -0.995. The first-order valence-corrected chi connectivity index (χ1v) is 4.09. The molecule has 0 aromatic carbocycles. The Kier molecular flexibility index (Phi) is 2.56. The SMILES string of the molecule is CNC(=O)O.Cc1c2ccc-2c1C. The van der Waals surface area contributed by atoms with Crippen LogP contribution in [0.15, 0.2) is 12.1 Å². The molecule has 2 aliphatic rings. The third-order valence-electron chi connectivity index (χ3n) is 2.29. The van der Waals surface area contributed by atoms with Crippen molar-refractivity contribution < 1.29 is 9.90 Å². The number of carbonyl (C=O) groups is 1. The number of amides is 1. The highest BCUT2D eigenvalue weighted by Crippen LogP contribution is 2.40. The van der Waals surface area contributed by atoms with Gasteiger partial charge >= 0.3 is 6.09 Å². The number of benzene rings is 1. The number of hydrogen-bond donors (Lipinski definition) is 2. The van der Waals surface area contributed by atoms with E-state index in [9.17, 15) is 4.79 Å². The molecule has 3 heteroatoms. The Morgan fingerprint density at radius 1 is 1.23 bits per heavy atom. The predicted molar refractivity (Wildman–Crippen MR) is 52.0 cm³/mol. The molecule has 0 saturated carbocycles. The van der Waals surface area contributed by atoms with E-state index in [1.165, 1.54) is 29.3 Å². The average Bonchev–Trinajstić information content (AvgIpc) is 2.04. The minimum atomic E-state index is -0.995. The van der Waals surface area contributed by atoms with E-state index >= 15 is 0 Å². The summed E-state index contributed by atoms with van der Waals surface area (Å²) in [5.41, 5.74) is 5.95. The molecule has 0 aromatic rings. The van der Waals surface area contributed by atoms with E-state index in [0.717, 1.165) is 0 Å². The Hall–Kier alpha value is -1.51. The van der Waals surface area contributed by atoms with Crippen LogP contribution in [0.5, 0.6) is 0 Å². The molecule has 1 amide bonds. The second-order valence-electron chi connectivity index (χ2n) is 2.97. The van der Waals surface area contributed by atoms with Crippen LogP contribution in [-0.4, -0.2) is 18.2 Å². The molecule has 0 aliphatic heterocycles. The van der Waals surface area contributed by atoms with Crippen molar-refractivity contribution in [3.8, 4) is 11.1 Å². The summed E-state index contributed by atoms with van der Waals surface area (Å²) < 4.78 is 0. The molecule has 0 aromatic heterocycles. The van der Waals surface area contributed by atoms with Gasteiger partial charge in [-0.3, -0.25) is 0 Å². The molecule has 0 saturated heterocycles. The monoisotopic (exact) mass is 179 g/mol. The second kappa shape index (κ2) is 3.47. The summed E-state index contributed by atoms with van der Waals surface area (Å²) >= 11 is 0. The van der Waals surface area contributed by atoms with Crippen LogP contribution < -0.4 is 5.32 Å². The van der Waals surface area contributed by atoms with Crippen molar-refractivity contribution in [3.05, 3.63) is 23.3 Å². The predicted octanol–water partition coefficient (Wildman–Crippen LogP) is 2.17. The van der Waals surface area contributed by atoms with Gasteiger partial charge in [0.05, 0.1) is 0 Å². The molecule has 0 heterocycles. The van der Waals surface area contributed by atoms with Gasteiger partial charge in [0.25, 0.3) is 0 Å². The number of nitrogens with one attached hydrogen (secondary N) is 1. The fourth-order valence-corrected chi connectivity index (χ4v) is 1.25. The first kappa shape index (κ1) is 9.58. The lowest BCUT2D eigenvalue weighted by molar-refractivity contribution is 0.197. The molecule has 0 fully saturated rings. The maximum atomic E-state index is 9.26. The summed E-state index contributed by atoms with van der Waals surface area (Å²) in [6.45, 7) is 4.36. The zero-order valence-electron chi connectivity index (χ0n) is 8.01. The molecule has 0 unspecified atom stereocenters. The molecule has 2 aliphatic carbocycles. The lowest BCUT2D eigenvalue weighted by Crippen LogP contribution is -2.13. The molecular formula is C10H13NO2. The summed E-state index contributed by atoms with van der Waals surface area (Å²) in [4.78, 5) is 9.26. The first-order valence-electron chi connectivity index (χ1n) is 4.09. The largest absolute Gasteiger partial charge is 0.465 e. The van der Waals surface area contributed by atoms with Crippen molar-refractivity contribution in [2.75, 3.05) is 7.05 Å². The maximum Gasteiger partial charge on any atom is 0.404 e. The van der Waals surface area contributed by atoms with Gasteiger partial charge in [-0.25, -0.2) is 4.79 Å². The van der Waals surface area contributed by atoms with Crippen LogP contribution >= 0.6 is 0 Å². The molecule has 0 bridgehead atoms. The number of carboxylic acid groups (broad SMARTS) is 1. The lowest BCUT2D eigenvalue weighted by Gasteiger charge is -2.23. The average molecular weight is 179 g/mol. The molecule has 0 radical (unpaired) electrons. The van der Waals surface area contributed by atoms with Crippen molar-refractivity contribution in [1.29, 1.82) is 0 Å². The zero-order valence-corrected chi connectivity index (χ0v) is 8.01. The molecule has 3 nitrogen and oxygen atoms in total. The quantitative estimate of drug-likeness (QED) is 0.651. The molecular weight excluding hydrogens is 166 g/mol. The van der Waals surface area contributed by atoms with Crippen molar-refractivity contribution >= 4 is 6.09 Å². The fraction of sp³-hybridized carbons (Fsp3) is 0.300. The summed E-state index contributed by atoms with van der Waals surface area (Å²) in [5, 5.41) is 9.56. The van der Waals surface area contributed by atoms with Crippen molar-refractivity contribution in [1.82, 2.24) is 5.32 Å². The zero-order chi connectivity index (χ0) is 10.0. The number of rotatable bonds is 0. The van der Waals surface area contributed by atoms with E-state index in [1.54, 1.807) is 0 Å². The Balaban J connectivity index is 0.000000149. The molecule has 13 heavy (non-hydrogen) atoms. The van der Waals surface area contributed by atoms with Crippen LogP contribution in [0, 0.1) is 13.8 Å². The van der Waals surface area contributed by atoms with Gasteiger partial charge < -0.3 is 10.4 Å². The lowest BCUT2D eigenvalue weighted by atomic mass is 9.81. The fourth-order valence-electron chi connectivity index (χ4n) is 1.25. The Morgan fingerprint density at radius 2 is 1.54 bits per heavy atom. The Labute approximate surface area is 77.4 Å².